The minimum atomic E-state index is -0.117. The Hall–Kier alpha value is -2.01. The van der Waals surface area contributed by atoms with Crippen LogP contribution in [0.15, 0.2) is 23.6 Å². The Bertz CT molecular complexity index is 850. The fourth-order valence-corrected chi connectivity index (χ4v) is 5.08. The minimum Gasteiger partial charge on any atom is -0.493 e. The number of rotatable bonds is 5. The van der Waals surface area contributed by atoms with E-state index in [-0.39, 0.29) is 11.9 Å². The van der Waals surface area contributed by atoms with E-state index in [0.29, 0.717) is 22.8 Å². The highest BCUT2D eigenvalue weighted by Gasteiger charge is 2.31. The van der Waals surface area contributed by atoms with E-state index >= 15 is 0 Å². The number of hydrogen-bond acceptors (Lipinski definition) is 4. The molecular weight excluding hydrogens is 370 g/mol. The number of hydrogen-bond donors (Lipinski definition) is 1. The molecule has 1 aromatic carbocycles. The highest BCUT2D eigenvalue weighted by Crippen LogP contribution is 2.40. The van der Waals surface area contributed by atoms with Gasteiger partial charge in [-0.2, -0.15) is 0 Å². The Morgan fingerprint density at radius 2 is 1.93 bits per heavy atom. The second-order valence-corrected chi connectivity index (χ2v) is 9.63. The smallest absolute Gasteiger partial charge is 0.252 e. The van der Waals surface area contributed by atoms with Gasteiger partial charge >= 0.3 is 0 Å². The van der Waals surface area contributed by atoms with Gasteiger partial charge < -0.3 is 14.8 Å². The van der Waals surface area contributed by atoms with Crippen LogP contribution in [0.5, 0.6) is 11.5 Å². The highest BCUT2D eigenvalue weighted by atomic mass is 32.1. The van der Waals surface area contributed by atoms with Crippen LogP contribution in [0.2, 0.25) is 0 Å². The van der Waals surface area contributed by atoms with Crippen molar-refractivity contribution >= 4 is 17.2 Å². The van der Waals surface area contributed by atoms with Crippen LogP contribution in [0.25, 0.3) is 0 Å². The van der Waals surface area contributed by atoms with Gasteiger partial charge in [0.1, 0.15) is 0 Å². The lowest BCUT2D eigenvalue weighted by atomic mass is 9.72. The summed E-state index contributed by atoms with van der Waals surface area (Å²) in [4.78, 5) is 14.3. The molecule has 152 valence electrons. The molecule has 1 amide bonds. The maximum absolute atomic E-state index is 13.0. The van der Waals surface area contributed by atoms with Gasteiger partial charge in [-0.15, -0.1) is 11.3 Å². The molecule has 2 atom stereocenters. The molecule has 1 aliphatic carbocycles. The molecule has 0 aliphatic heterocycles. The third-order valence-electron chi connectivity index (χ3n) is 5.88. The first kappa shape index (κ1) is 20.7. The number of carbonyl (C=O) groups excluding carboxylic acids is 1. The van der Waals surface area contributed by atoms with E-state index in [0.717, 1.165) is 30.4 Å². The Kier molecular flexibility index (Phi) is 6.04. The molecular formula is C23H31NO3S. The molecule has 0 unspecified atom stereocenters. The number of ether oxygens (including phenoxy) is 2. The molecule has 0 saturated carbocycles. The van der Waals surface area contributed by atoms with E-state index in [1.807, 2.05) is 30.5 Å². The van der Waals surface area contributed by atoms with Gasteiger partial charge in [-0.05, 0) is 60.8 Å². The molecule has 0 radical (unpaired) electrons. The van der Waals surface area contributed by atoms with Gasteiger partial charge in [-0.25, -0.2) is 0 Å². The maximum atomic E-state index is 13.0. The number of methoxy groups -OCH3 is 2. The van der Waals surface area contributed by atoms with Crippen LogP contribution in [0, 0.1) is 11.3 Å². The topological polar surface area (TPSA) is 47.6 Å². The molecule has 0 saturated heterocycles. The van der Waals surface area contributed by atoms with Crippen LogP contribution in [0.1, 0.15) is 66.5 Å². The zero-order chi connectivity index (χ0) is 20.5. The van der Waals surface area contributed by atoms with Gasteiger partial charge in [0.2, 0.25) is 0 Å². The molecule has 3 rings (SSSR count). The molecule has 1 aliphatic rings. The molecule has 1 N–H and O–H groups in total. The average molecular weight is 402 g/mol. The van der Waals surface area contributed by atoms with Crippen LogP contribution in [0.3, 0.4) is 0 Å². The van der Waals surface area contributed by atoms with Gasteiger partial charge in [0, 0.05) is 10.3 Å². The number of amides is 1. The molecule has 1 heterocycles. The minimum absolute atomic E-state index is 0.00833. The fourth-order valence-electron chi connectivity index (χ4n) is 3.92. The number of thiophene rings is 1. The summed E-state index contributed by atoms with van der Waals surface area (Å²) in [5, 5.41) is 5.18. The third kappa shape index (κ3) is 4.19. The molecule has 1 aromatic heterocycles. The summed E-state index contributed by atoms with van der Waals surface area (Å²) in [7, 11) is 3.24. The first-order chi connectivity index (χ1) is 13.2. The van der Waals surface area contributed by atoms with E-state index in [9.17, 15) is 4.79 Å². The van der Waals surface area contributed by atoms with E-state index in [4.69, 9.17) is 9.47 Å². The van der Waals surface area contributed by atoms with Crippen LogP contribution in [-0.2, 0) is 12.8 Å². The average Bonchev–Trinajstić information content (AvgIpc) is 3.10. The third-order valence-corrected chi connectivity index (χ3v) is 6.93. The van der Waals surface area contributed by atoms with Crippen molar-refractivity contribution in [1.29, 1.82) is 0 Å². The van der Waals surface area contributed by atoms with Gasteiger partial charge in [-0.3, -0.25) is 4.79 Å². The largest absolute Gasteiger partial charge is 0.493 e. The Labute approximate surface area is 172 Å². The van der Waals surface area contributed by atoms with E-state index in [2.05, 4.69) is 26.1 Å². The number of nitrogens with one attached hydrogen (secondary N) is 1. The lowest BCUT2D eigenvalue weighted by Crippen LogP contribution is -2.29. The number of fused-ring (bicyclic) bond motifs is 1. The van der Waals surface area contributed by atoms with Crippen molar-refractivity contribution in [2.45, 2.75) is 53.0 Å². The normalized spacial score (nSPS) is 17.6. The molecule has 5 heteroatoms. The summed E-state index contributed by atoms with van der Waals surface area (Å²) in [6.07, 6.45) is 3.23. The summed E-state index contributed by atoms with van der Waals surface area (Å²) in [5.41, 5.74) is 3.40. The Balaban J connectivity index is 1.73. The van der Waals surface area contributed by atoms with Crippen LogP contribution < -0.4 is 14.8 Å². The SMILES string of the molecule is COc1ccc([C@H](C)NC(=O)c2csc3c2CC[C@@H](C(C)(C)C)C3)cc1OC. The molecule has 2 aromatic rings. The second kappa shape index (κ2) is 8.16. The lowest BCUT2D eigenvalue weighted by Gasteiger charge is -2.34. The van der Waals surface area contributed by atoms with Crippen LogP contribution in [-0.4, -0.2) is 20.1 Å². The fraction of sp³-hybridized carbons (Fsp3) is 0.522. The monoisotopic (exact) mass is 401 g/mol. The van der Waals surface area contributed by atoms with Gasteiger partial charge in [0.25, 0.3) is 5.91 Å². The van der Waals surface area contributed by atoms with Crippen molar-refractivity contribution in [3.63, 3.8) is 0 Å². The standard InChI is InChI=1S/C23H31NO3S/c1-14(15-7-10-19(26-5)20(11-15)27-6)24-22(25)18-13-28-21-12-16(23(2,3)4)8-9-17(18)21/h7,10-11,13-14,16H,8-9,12H2,1-6H3,(H,24,25)/t14-,16+/m0/s1. The summed E-state index contributed by atoms with van der Waals surface area (Å²) in [6.45, 7) is 8.94. The van der Waals surface area contributed by atoms with Crippen LogP contribution in [0.4, 0.5) is 0 Å². The zero-order valence-electron chi connectivity index (χ0n) is 17.7. The van der Waals surface area contributed by atoms with Crippen molar-refractivity contribution < 1.29 is 14.3 Å². The first-order valence-corrected chi connectivity index (χ1v) is 10.7. The molecule has 28 heavy (non-hydrogen) atoms. The van der Waals surface area contributed by atoms with Gasteiger partial charge in [0.15, 0.2) is 11.5 Å². The van der Waals surface area contributed by atoms with Crippen molar-refractivity contribution in [1.82, 2.24) is 5.32 Å². The Morgan fingerprint density at radius 3 is 2.57 bits per heavy atom. The van der Waals surface area contributed by atoms with E-state index in [1.54, 1.807) is 25.6 Å². The quantitative estimate of drug-likeness (QED) is 0.729. The van der Waals surface area contributed by atoms with Crippen LogP contribution >= 0.6 is 11.3 Å². The van der Waals surface area contributed by atoms with Gasteiger partial charge in [-0.1, -0.05) is 26.8 Å². The first-order valence-electron chi connectivity index (χ1n) is 9.86. The van der Waals surface area contributed by atoms with Crippen molar-refractivity contribution in [2.75, 3.05) is 14.2 Å². The Morgan fingerprint density at radius 1 is 1.21 bits per heavy atom. The summed E-state index contributed by atoms with van der Waals surface area (Å²) in [5.74, 6) is 2.04. The second-order valence-electron chi connectivity index (χ2n) is 8.67. The number of benzene rings is 1. The summed E-state index contributed by atoms with van der Waals surface area (Å²) < 4.78 is 10.7. The summed E-state index contributed by atoms with van der Waals surface area (Å²) in [6, 6.07) is 5.63. The van der Waals surface area contributed by atoms with Crippen molar-refractivity contribution in [2.24, 2.45) is 11.3 Å². The highest BCUT2D eigenvalue weighted by molar-refractivity contribution is 7.10. The molecule has 4 nitrogen and oxygen atoms in total. The molecule has 0 spiro atoms. The zero-order valence-corrected chi connectivity index (χ0v) is 18.5. The van der Waals surface area contributed by atoms with Crippen molar-refractivity contribution in [3.8, 4) is 11.5 Å². The van der Waals surface area contributed by atoms with Gasteiger partial charge in [0.05, 0.1) is 25.8 Å². The molecule has 0 bridgehead atoms. The summed E-state index contributed by atoms with van der Waals surface area (Å²) >= 11 is 1.74. The van der Waals surface area contributed by atoms with E-state index < -0.39 is 0 Å². The lowest BCUT2D eigenvalue weighted by molar-refractivity contribution is 0.0938. The molecule has 0 fully saturated rings. The predicted molar refractivity (Wildman–Crippen MR) is 115 cm³/mol. The van der Waals surface area contributed by atoms with E-state index in [1.165, 1.54) is 10.4 Å². The predicted octanol–water partition coefficient (Wildman–Crippen LogP) is 5.41. The van der Waals surface area contributed by atoms with Crippen molar-refractivity contribution in [3.05, 3.63) is 45.1 Å². The maximum Gasteiger partial charge on any atom is 0.252 e. The number of carbonyl (C=O) groups is 1.